The second kappa shape index (κ2) is 6.56. The lowest BCUT2D eigenvalue weighted by atomic mass is 10.2. The van der Waals surface area contributed by atoms with Gasteiger partial charge in [0.2, 0.25) is 0 Å². The van der Waals surface area contributed by atoms with E-state index < -0.39 is 4.92 Å². The summed E-state index contributed by atoms with van der Waals surface area (Å²) in [5.74, 6) is 1.22. The standard InChI is InChI=1S/C15H15ClN2O3/c1-10-7-13(4-5-14(10)18(19)20)21-15-6-3-12(16)8-11(15)9-17-2/h3-8,17H,9H2,1-2H3. The van der Waals surface area contributed by atoms with Gasteiger partial charge in [-0.25, -0.2) is 0 Å². The van der Waals surface area contributed by atoms with Gasteiger partial charge in [0.05, 0.1) is 4.92 Å². The molecule has 110 valence electrons. The summed E-state index contributed by atoms with van der Waals surface area (Å²) in [4.78, 5) is 10.4. The highest BCUT2D eigenvalue weighted by Gasteiger charge is 2.12. The highest BCUT2D eigenvalue weighted by Crippen LogP contribution is 2.30. The van der Waals surface area contributed by atoms with Gasteiger partial charge in [-0.3, -0.25) is 10.1 Å². The zero-order chi connectivity index (χ0) is 15.4. The van der Waals surface area contributed by atoms with Gasteiger partial charge in [-0.05, 0) is 44.3 Å². The Morgan fingerprint density at radius 1 is 1.29 bits per heavy atom. The first-order valence-electron chi connectivity index (χ1n) is 6.37. The van der Waals surface area contributed by atoms with Crippen LogP contribution in [0.4, 0.5) is 5.69 Å². The van der Waals surface area contributed by atoms with Crippen LogP contribution in [0.2, 0.25) is 5.02 Å². The Labute approximate surface area is 127 Å². The molecule has 0 heterocycles. The number of nitro benzene ring substituents is 1. The van der Waals surface area contributed by atoms with E-state index in [9.17, 15) is 10.1 Å². The maximum atomic E-state index is 10.8. The van der Waals surface area contributed by atoms with Crippen LogP contribution in [0, 0.1) is 17.0 Å². The van der Waals surface area contributed by atoms with Crippen molar-refractivity contribution in [3.8, 4) is 11.5 Å². The van der Waals surface area contributed by atoms with Gasteiger partial charge in [-0.2, -0.15) is 0 Å². The molecule has 0 radical (unpaired) electrons. The van der Waals surface area contributed by atoms with Crippen LogP contribution in [-0.2, 0) is 6.54 Å². The highest BCUT2D eigenvalue weighted by molar-refractivity contribution is 6.30. The van der Waals surface area contributed by atoms with Crippen LogP contribution in [0.15, 0.2) is 36.4 Å². The van der Waals surface area contributed by atoms with Gasteiger partial charge in [-0.15, -0.1) is 0 Å². The molecule has 1 N–H and O–H groups in total. The molecule has 0 unspecified atom stereocenters. The number of nitrogens with one attached hydrogen (secondary N) is 1. The molecule has 6 heteroatoms. The molecular formula is C15H15ClN2O3. The van der Waals surface area contributed by atoms with E-state index in [4.69, 9.17) is 16.3 Å². The van der Waals surface area contributed by atoms with Gasteiger partial charge in [0.1, 0.15) is 11.5 Å². The zero-order valence-electron chi connectivity index (χ0n) is 11.7. The monoisotopic (exact) mass is 306 g/mol. The van der Waals surface area contributed by atoms with Crippen LogP contribution in [0.25, 0.3) is 0 Å². The Bertz CT molecular complexity index is 674. The van der Waals surface area contributed by atoms with Crippen LogP contribution in [0.5, 0.6) is 11.5 Å². The van der Waals surface area contributed by atoms with Crippen LogP contribution in [-0.4, -0.2) is 12.0 Å². The SMILES string of the molecule is CNCc1cc(Cl)ccc1Oc1ccc([N+](=O)[O-])c(C)c1. The van der Waals surface area contributed by atoms with Gasteiger partial charge in [0.25, 0.3) is 5.69 Å². The van der Waals surface area contributed by atoms with E-state index in [1.807, 2.05) is 13.1 Å². The smallest absolute Gasteiger partial charge is 0.272 e. The highest BCUT2D eigenvalue weighted by atomic mass is 35.5. The van der Waals surface area contributed by atoms with Crippen molar-refractivity contribution in [2.75, 3.05) is 7.05 Å². The molecule has 0 fully saturated rings. The predicted molar refractivity (Wildman–Crippen MR) is 82.1 cm³/mol. The van der Waals surface area contributed by atoms with Crippen molar-refractivity contribution in [1.29, 1.82) is 0 Å². The molecule has 0 aliphatic carbocycles. The molecule has 0 spiro atoms. The predicted octanol–water partition coefficient (Wildman–Crippen LogP) is 4.07. The molecular weight excluding hydrogens is 292 g/mol. The van der Waals surface area contributed by atoms with Crippen molar-refractivity contribution in [1.82, 2.24) is 5.32 Å². The Morgan fingerprint density at radius 2 is 2.05 bits per heavy atom. The summed E-state index contributed by atoms with van der Waals surface area (Å²) in [7, 11) is 1.83. The number of rotatable bonds is 5. The average molecular weight is 307 g/mol. The van der Waals surface area contributed by atoms with Gasteiger partial charge < -0.3 is 10.1 Å². The van der Waals surface area contributed by atoms with Crippen LogP contribution in [0.1, 0.15) is 11.1 Å². The van der Waals surface area contributed by atoms with Gasteiger partial charge in [0, 0.05) is 28.8 Å². The van der Waals surface area contributed by atoms with Crippen molar-refractivity contribution < 1.29 is 9.66 Å². The largest absolute Gasteiger partial charge is 0.457 e. The zero-order valence-corrected chi connectivity index (χ0v) is 12.5. The minimum absolute atomic E-state index is 0.0777. The lowest BCUT2D eigenvalue weighted by molar-refractivity contribution is -0.385. The third kappa shape index (κ3) is 3.71. The van der Waals surface area contributed by atoms with Crippen molar-refractivity contribution in [2.24, 2.45) is 0 Å². The minimum Gasteiger partial charge on any atom is -0.457 e. The second-order valence-corrected chi connectivity index (χ2v) is 5.03. The molecule has 0 aliphatic heterocycles. The van der Waals surface area contributed by atoms with E-state index in [0.29, 0.717) is 28.6 Å². The summed E-state index contributed by atoms with van der Waals surface area (Å²) in [6.07, 6.45) is 0. The molecule has 0 bridgehead atoms. The fourth-order valence-corrected chi connectivity index (χ4v) is 2.19. The quantitative estimate of drug-likeness (QED) is 0.668. The van der Waals surface area contributed by atoms with Gasteiger partial charge >= 0.3 is 0 Å². The van der Waals surface area contributed by atoms with Crippen LogP contribution < -0.4 is 10.1 Å². The second-order valence-electron chi connectivity index (χ2n) is 4.59. The third-order valence-corrected chi connectivity index (χ3v) is 3.22. The summed E-state index contributed by atoms with van der Waals surface area (Å²) in [5, 5.41) is 14.5. The normalized spacial score (nSPS) is 10.4. The first-order valence-corrected chi connectivity index (χ1v) is 6.75. The summed E-state index contributed by atoms with van der Waals surface area (Å²) >= 11 is 5.98. The van der Waals surface area contributed by atoms with Crippen LogP contribution >= 0.6 is 11.6 Å². The summed E-state index contributed by atoms with van der Waals surface area (Å²) < 4.78 is 5.81. The minimum atomic E-state index is -0.409. The summed E-state index contributed by atoms with van der Waals surface area (Å²) in [6, 6.07) is 10.0. The molecule has 2 aromatic carbocycles. The molecule has 2 aromatic rings. The maximum absolute atomic E-state index is 10.8. The van der Waals surface area contributed by atoms with E-state index in [1.54, 1.807) is 31.2 Å². The third-order valence-electron chi connectivity index (χ3n) is 2.98. The number of aryl methyl sites for hydroxylation is 1. The number of hydrogen-bond donors (Lipinski definition) is 1. The van der Waals surface area contributed by atoms with E-state index in [1.165, 1.54) is 6.07 Å². The molecule has 0 aromatic heterocycles. The van der Waals surface area contributed by atoms with Crippen molar-refractivity contribution in [3.05, 3.63) is 62.7 Å². The van der Waals surface area contributed by atoms with E-state index in [0.717, 1.165) is 5.56 Å². The molecule has 0 saturated heterocycles. The lowest BCUT2D eigenvalue weighted by Crippen LogP contribution is -2.06. The number of nitrogens with zero attached hydrogens (tertiary/aromatic N) is 1. The number of hydrogen-bond acceptors (Lipinski definition) is 4. The molecule has 21 heavy (non-hydrogen) atoms. The fraction of sp³-hybridized carbons (Fsp3) is 0.200. The topological polar surface area (TPSA) is 64.4 Å². The van der Waals surface area contributed by atoms with E-state index in [-0.39, 0.29) is 5.69 Å². The molecule has 5 nitrogen and oxygen atoms in total. The summed E-state index contributed by atoms with van der Waals surface area (Å²) in [5.41, 5.74) is 1.55. The maximum Gasteiger partial charge on any atom is 0.272 e. The Hall–Kier alpha value is -2.11. The molecule has 2 rings (SSSR count). The van der Waals surface area contributed by atoms with E-state index >= 15 is 0 Å². The average Bonchev–Trinajstić information content (AvgIpc) is 2.42. The van der Waals surface area contributed by atoms with Crippen molar-refractivity contribution in [2.45, 2.75) is 13.5 Å². The Balaban J connectivity index is 2.30. The first kappa shape index (κ1) is 15.3. The van der Waals surface area contributed by atoms with E-state index in [2.05, 4.69) is 5.32 Å². The number of benzene rings is 2. The summed E-state index contributed by atoms with van der Waals surface area (Å²) in [6.45, 7) is 2.29. The van der Waals surface area contributed by atoms with Gasteiger partial charge in [0.15, 0.2) is 0 Å². The fourth-order valence-electron chi connectivity index (χ4n) is 2.00. The Kier molecular flexibility index (Phi) is 4.77. The number of nitro groups is 1. The first-order chi connectivity index (χ1) is 10.0. The van der Waals surface area contributed by atoms with Gasteiger partial charge in [-0.1, -0.05) is 11.6 Å². The van der Waals surface area contributed by atoms with Crippen LogP contribution in [0.3, 0.4) is 0 Å². The number of halogens is 1. The van der Waals surface area contributed by atoms with Crippen molar-refractivity contribution >= 4 is 17.3 Å². The Morgan fingerprint density at radius 3 is 2.67 bits per heavy atom. The number of ether oxygens (including phenoxy) is 1. The van der Waals surface area contributed by atoms with Crippen molar-refractivity contribution in [3.63, 3.8) is 0 Å². The molecule has 0 saturated carbocycles. The molecule has 0 aliphatic rings. The molecule has 0 atom stereocenters. The lowest BCUT2D eigenvalue weighted by Gasteiger charge is -2.12. The molecule has 0 amide bonds.